The van der Waals surface area contributed by atoms with Gasteiger partial charge in [-0.15, -0.1) is 0 Å². The van der Waals surface area contributed by atoms with Gasteiger partial charge in [0.15, 0.2) is 0 Å². The van der Waals surface area contributed by atoms with Crippen LogP contribution >= 0.6 is 21.6 Å². The maximum atomic E-state index is 12.2. The second-order valence-corrected chi connectivity index (χ2v) is 8.92. The van der Waals surface area contributed by atoms with E-state index in [9.17, 15) is 9.59 Å². The van der Waals surface area contributed by atoms with Crippen LogP contribution in [0.25, 0.3) is 0 Å². The Morgan fingerprint density at radius 3 is 2.52 bits per heavy atom. The van der Waals surface area contributed by atoms with Crippen molar-refractivity contribution in [3.05, 3.63) is 0 Å². The Kier molecular flexibility index (Phi) is 8.79. The summed E-state index contributed by atoms with van der Waals surface area (Å²) in [5.41, 5.74) is 0. The SMILES string of the molecule is CCOC(=O)C(C(C)=O)[C@@H](CCC1CCSS1)CC(C)C. The molecule has 122 valence electrons. The van der Waals surface area contributed by atoms with E-state index < -0.39 is 5.92 Å². The Morgan fingerprint density at radius 2 is 2.05 bits per heavy atom. The van der Waals surface area contributed by atoms with Gasteiger partial charge >= 0.3 is 5.97 Å². The molecule has 0 amide bonds. The zero-order valence-electron chi connectivity index (χ0n) is 13.6. The standard InChI is InChI=1S/C16H28O3S2/c1-5-19-16(18)15(12(4)17)13(10-11(2)3)6-7-14-8-9-20-21-14/h11,13-15H,5-10H2,1-4H3/t13-,14?,15?/m0/s1. The van der Waals surface area contributed by atoms with Crippen LogP contribution in [0.4, 0.5) is 0 Å². The summed E-state index contributed by atoms with van der Waals surface area (Å²) < 4.78 is 5.13. The Morgan fingerprint density at radius 1 is 1.33 bits per heavy atom. The van der Waals surface area contributed by atoms with Crippen molar-refractivity contribution in [2.45, 2.75) is 58.6 Å². The molecule has 0 bridgehead atoms. The van der Waals surface area contributed by atoms with Crippen molar-refractivity contribution in [1.82, 2.24) is 0 Å². The molecule has 0 spiro atoms. The van der Waals surface area contributed by atoms with E-state index in [4.69, 9.17) is 4.74 Å². The molecule has 1 aliphatic rings. The fourth-order valence-electron chi connectivity index (χ4n) is 2.91. The average Bonchev–Trinajstić information content (AvgIpc) is 2.88. The fourth-order valence-corrected chi connectivity index (χ4v) is 5.91. The number of hydrogen-bond donors (Lipinski definition) is 0. The molecule has 0 aromatic heterocycles. The fraction of sp³-hybridized carbons (Fsp3) is 0.875. The van der Waals surface area contributed by atoms with E-state index in [1.165, 1.54) is 19.1 Å². The van der Waals surface area contributed by atoms with Gasteiger partial charge < -0.3 is 4.74 Å². The van der Waals surface area contributed by atoms with Gasteiger partial charge in [-0.1, -0.05) is 35.4 Å². The summed E-state index contributed by atoms with van der Waals surface area (Å²) in [6, 6.07) is 0. The first-order chi connectivity index (χ1) is 9.95. The number of ether oxygens (including phenoxy) is 1. The molecular formula is C16H28O3S2. The second kappa shape index (κ2) is 9.78. The van der Waals surface area contributed by atoms with E-state index in [2.05, 4.69) is 13.8 Å². The predicted octanol–water partition coefficient (Wildman–Crippen LogP) is 4.35. The van der Waals surface area contributed by atoms with Crippen LogP contribution in [0.1, 0.15) is 53.4 Å². The van der Waals surface area contributed by atoms with E-state index in [0.717, 1.165) is 19.3 Å². The maximum Gasteiger partial charge on any atom is 0.316 e. The van der Waals surface area contributed by atoms with Gasteiger partial charge in [0, 0.05) is 11.0 Å². The lowest BCUT2D eigenvalue weighted by molar-refractivity contribution is -0.153. The van der Waals surface area contributed by atoms with Crippen LogP contribution in [0.3, 0.4) is 0 Å². The molecule has 3 nitrogen and oxygen atoms in total. The summed E-state index contributed by atoms with van der Waals surface area (Å²) in [5, 5.41) is 0.680. The number of rotatable bonds is 9. The number of carbonyl (C=O) groups excluding carboxylic acids is 2. The second-order valence-electron chi connectivity index (χ2n) is 6.14. The first-order valence-electron chi connectivity index (χ1n) is 7.91. The third-order valence-corrected chi connectivity index (χ3v) is 6.82. The van der Waals surface area contributed by atoms with Crippen molar-refractivity contribution in [3.63, 3.8) is 0 Å². The molecule has 0 aromatic carbocycles. The Labute approximate surface area is 136 Å². The third kappa shape index (κ3) is 6.64. The van der Waals surface area contributed by atoms with E-state index in [1.54, 1.807) is 6.92 Å². The molecule has 1 heterocycles. The lowest BCUT2D eigenvalue weighted by Gasteiger charge is -2.26. The molecule has 0 aliphatic carbocycles. The number of carbonyl (C=O) groups is 2. The summed E-state index contributed by atoms with van der Waals surface area (Å²) in [6.07, 6.45) is 4.19. The number of esters is 1. The van der Waals surface area contributed by atoms with Crippen LogP contribution in [0.2, 0.25) is 0 Å². The Hall–Kier alpha value is -0.160. The normalized spacial score (nSPS) is 21.3. The van der Waals surface area contributed by atoms with Crippen molar-refractivity contribution in [2.75, 3.05) is 12.4 Å². The zero-order valence-corrected chi connectivity index (χ0v) is 15.2. The first kappa shape index (κ1) is 18.9. The van der Waals surface area contributed by atoms with E-state index in [1.807, 2.05) is 21.6 Å². The molecule has 21 heavy (non-hydrogen) atoms. The van der Waals surface area contributed by atoms with Crippen molar-refractivity contribution in [1.29, 1.82) is 0 Å². The summed E-state index contributed by atoms with van der Waals surface area (Å²) in [5.74, 6) is 0.866. The summed E-state index contributed by atoms with van der Waals surface area (Å²) in [7, 11) is 3.89. The number of hydrogen-bond acceptors (Lipinski definition) is 5. The molecule has 3 atom stereocenters. The number of ketones is 1. The van der Waals surface area contributed by atoms with Crippen molar-refractivity contribution in [3.8, 4) is 0 Å². The highest BCUT2D eigenvalue weighted by Crippen LogP contribution is 2.41. The van der Waals surface area contributed by atoms with Gasteiger partial charge in [0.25, 0.3) is 0 Å². The average molecular weight is 333 g/mol. The quantitative estimate of drug-likeness (QED) is 0.357. The van der Waals surface area contributed by atoms with E-state index in [0.29, 0.717) is 17.8 Å². The van der Waals surface area contributed by atoms with Gasteiger partial charge in [-0.3, -0.25) is 9.59 Å². The summed E-state index contributed by atoms with van der Waals surface area (Å²) in [4.78, 5) is 24.1. The minimum Gasteiger partial charge on any atom is -0.465 e. The van der Waals surface area contributed by atoms with Crippen LogP contribution in [0, 0.1) is 17.8 Å². The summed E-state index contributed by atoms with van der Waals surface area (Å²) in [6.45, 7) is 7.95. The molecule has 0 aromatic rings. The van der Waals surface area contributed by atoms with E-state index >= 15 is 0 Å². The van der Waals surface area contributed by atoms with Crippen LogP contribution < -0.4 is 0 Å². The number of Topliss-reactive ketones (excluding diaryl/α,β-unsaturated/α-hetero) is 1. The maximum absolute atomic E-state index is 12.2. The largest absolute Gasteiger partial charge is 0.465 e. The molecule has 1 saturated heterocycles. The first-order valence-corrected chi connectivity index (χ1v) is 10.3. The monoisotopic (exact) mass is 332 g/mol. The van der Waals surface area contributed by atoms with Crippen LogP contribution in [-0.4, -0.2) is 29.4 Å². The Balaban J connectivity index is 2.70. The van der Waals surface area contributed by atoms with Gasteiger partial charge in [-0.05, 0) is 51.4 Å². The highest BCUT2D eigenvalue weighted by Gasteiger charge is 2.34. The highest BCUT2D eigenvalue weighted by atomic mass is 33.1. The molecule has 0 saturated carbocycles. The minimum absolute atomic E-state index is 0.0486. The zero-order chi connectivity index (χ0) is 15.8. The van der Waals surface area contributed by atoms with E-state index in [-0.39, 0.29) is 17.7 Å². The van der Waals surface area contributed by atoms with Gasteiger partial charge in [0.05, 0.1) is 6.61 Å². The third-order valence-electron chi connectivity index (χ3n) is 3.81. The molecule has 0 N–H and O–H groups in total. The van der Waals surface area contributed by atoms with Gasteiger partial charge in [-0.2, -0.15) is 0 Å². The Bertz CT molecular complexity index is 338. The molecule has 1 aliphatic heterocycles. The lowest BCUT2D eigenvalue weighted by Crippen LogP contribution is -2.33. The van der Waals surface area contributed by atoms with Crippen molar-refractivity contribution >= 4 is 33.3 Å². The van der Waals surface area contributed by atoms with Crippen molar-refractivity contribution in [2.24, 2.45) is 17.8 Å². The van der Waals surface area contributed by atoms with Gasteiger partial charge in [-0.25, -0.2) is 0 Å². The molecule has 1 rings (SSSR count). The smallest absolute Gasteiger partial charge is 0.316 e. The van der Waals surface area contributed by atoms with Gasteiger partial charge in [0.1, 0.15) is 11.7 Å². The van der Waals surface area contributed by atoms with Crippen LogP contribution in [-0.2, 0) is 14.3 Å². The van der Waals surface area contributed by atoms with Crippen LogP contribution in [0.15, 0.2) is 0 Å². The topological polar surface area (TPSA) is 43.4 Å². The van der Waals surface area contributed by atoms with Crippen molar-refractivity contribution < 1.29 is 14.3 Å². The molecule has 1 fully saturated rings. The minimum atomic E-state index is -0.577. The molecule has 5 heteroatoms. The molecule has 2 unspecified atom stereocenters. The molecular weight excluding hydrogens is 304 g/mol. The van der Waals surface area contributed by atoms with Crippen LogP contribution in [0.5, 0.6) is 0 Å². The predicted molar refractivity (Wildman–Crippen MR) is 91.4 cm³/mol. The molecule has 0 radical (unpaired) electrons. The lowest BCUT2D eigenvalue weighted by atomic mass is 9.80. The summed E-state index contributed by atoms with van der Waals surface area (Å²) >= 11 is 0. The highest BCUT2D eigenvalue weighted by molar-refractivity contribution is 8.77. The van der Waals surface area contributed by atoms with Gasteiger partial charge in [0.2, 0.25) is 0 Å².